The summed E-state index contributed by atoms with van der Waals surface area (Å²) in [6.45, 7) is 9.31. The van der Waals surface area contributed by atoms with E-state index < -0.39 is 6.04 Å². The second-order valence-electron chi connectivity index (χ2n) is 8.45. The van der Waals surface area contributed by atoms with Gasteiger partial charge in [-0.15, -0.1) is 0 Å². The third kappa shape index (κ3) is 8.25. The molecule has 0 aliphatic rings. The number of amides is 2. The molecule has 174 valence electrons. The quantitative estimate of drug-likeness (QED) is 0.498. The number of ether oxygens (including phenoxy) is 2. The van der Waals surface area contributed by atoms with Gasteiger partial charge in [0.15, 0.2) is 0 Å². The third-order valence-electron chi connectivity index (χ3n) is 5.19. The molecule has 32 heavy (non-hydrogen) atoms. The van der Waals surface area contributed by atoms with Crippen LogP contribution in [0.25, 0.3) is 0 Å². The fourth-order valence-electron chi connectivity index (χ4n) is 3.15. The van der Waals surface area contributed by atoms with Crippen molar-refractivity contribution in [2.75, 3.05) is 20.3 Å². The van der Waals surface area contributed by atoms with E-state index in [1.54, 1.807) is 18.9 Å². The largest absolute Gasteiger partial charge is 0.497 e. The van der Waals surface area contributed by atoms with Crippen LogP contribution in [-0.4, -0.2) is 43.0 Å². The van der Waals surface area contributed by atoms with Crippen molar-refractivity contribution in [3.63, 3.8) is 0 Å². The summed E-state index contributed by atoms with van der Waals surface area (Å²) in [6.07, 6.45) is 0.874. The summed E-state index contributed by atoms with van der Waals surface area (Å²) in [5, 5.41) is 2.94. The molecule has 0 radical (unpaired) electrons. The molecule has 1 N–H and O–H groups in total. The first-order valence-corrected chi connectivity index (χ1v) is 11.2. The zero-order valence-corrected chi connectivity index (χ0v) is 19.9. The first-order valence-electron chi connectivity index (χ1n) is 11.2. The molecule has 0 fully saturated rings. The average Bonchev–Trinajstić information content (AvgIpc) is 2.79. The smallest absolute Gasteiger partial charge is 0.242 e. The predicted octanol–water partition coefficient (Wildman–Crippen LogP) is 4.35. The molecule has 0 spiro atoms. The van der Waals surface area contributed by atoms with E-state index in [4.69, 9.17) is 9.47 Å². The number of nitrogens with one attached hydrogen (secondary N) is 1. The highest BCUT2D eigenvalue weighted by molar-refractivity contribution is 5.87. The van der Waals surface area contributed by atoms with Crippen LogP contribution in [0.2, 0.25) is 0 Å². The molecule has 0 aliphatic carbocycles. The summed E-state index contributed by atoms with van der Waals surface area (Å²) in [5.41, 5.74) is 2.16. The first-order chi connectivity index (χ1) is 15.3. The zero-order valence-electron chi connectivity index (χ0n) is 19.9. The van der Waals surface area contributed by atoms with Crippen molar-refractivity contribution in [3.05, 3.63) is 59.7 Å². The molecule has 1 atom stereocenters. The Hall–Kier alpha value is -3.02. The minimum atomic E-state index is -0.551. The van der Waals surface area contributed by atoms with Gasteiger partial charge in [0.05, 0.1) is 13.7 Å². The molecule has 0 heterocycles. The van der Waals surface area contributed by atoms with Gasteiger partial charge in [0.1, 0.15) is 17.5 Å². The molecule has 1 unspecified atom stereocenters. The maximum Gasteiger partial charge on any atom is 0.242 e. The molecule has 6 heteroatoms. The van der Waals surface area contributed by atoms with Crippen LogP contribution in [0.5, 0.6) is 11.5 Å². The summed E-state index contributed by atoms with van der Waals surface area (Å²) < 4.78 is 10.9. The second kappa shape index (κ2) is 12.7. The first kappa shape index (κ1) is 25.2. The van der Waals surface area contributed by atoms with Crippen molar-refractivity contribution in [2.24, 2.45) is 5.92 Å². The molecule has 2 amide bonds. The predicted molar refractivity (Wildman–Crippen MR) is 127 cm³/mol. The van der Waals surface area contributed by atoms with Gasteiger partial charge in [0.25, 0.3) is 0 Å². The van der Waals surface area contributed by atoms with Crippen molar-refractivity contribution >= 4 is 11.8 Å². The van der Waals surface area contributed by atoms with Gasteiger partial charge in [0.2, 0.25) is 11.8 Å². The van der Waals surface area contributed by atoms with Crippen molar-refractivity contribution in [2.45, 2.75) is 53.1 Å². The second-order valence-corrected chi connectivity index (χ2v) is 8.45. The fraction of sp³-hybridized carbons (Fsp3) is 0.462. The Kier molecular flexibility index (Phi) is 10.1. The van der Waals surface area contributed by atoms with Crippen molar-refractivity contribution < 1.29 is 19.1 Å². The number of hydrogen-bond donors (Lipinski definition) is 1. The van der Waals surface area contributed by atoms with E-state index >= 15 is 0 Å². The summed E-state index contributed by atoms with van der Waals surface area (Å²) in [4.78, 5) is 27.4. The Labute approximate surface area is 191 Å². The van der Waals surface area contributed by atoms with E-state index in [1.807, 2.05) is 69.3 Å². The Morgan fingerprint density at radius 3 is 2.19 bits per heavy atom. The highest BCUT2D eigenvalue weighted by Gasteiger charge is 2.25. The van der Waals surface area contributed by atoms with E-state index in [2.05, 4.69) is 5.32 Å². The molecule has 0 saturated carbocycles. The van der Waals surface area contributed by atoms with Gasteiger partial charge in [-0.1, -0.05) is 43.7 Å². The van der Waals surface area contributed by atoms with Crippen LogP contribution in [-0.2, 0) is 16.1 Å². The molecule has 2 rings (SSSR count). The maximum absolute atomic E-state index is 13.1. The van der Waals surface area contributed by atoms with Gasteiger partial charge in [-0.2, -0.15) is 0 Å². The van der Waals surface area contributed by atoms with E-state index in [9.17, 15) is 9.59 Å². The number of methoxy groups -OCH3 is 1. The SMILES string of the molecule is COc1ccc(OCCCC(=O)N(Cc2ccc(C)cc2)C(C)C(=O)NCC(C)C)cc1. The van der Waals surface area contributed by atoms with Crippen LogP contribution < -0.4 is 14.8 Å². The van der Waals surface area contributed by atoms with Gasteiger partial charge < -0.3 is 19.7 Å². The Bertz CT molecular complexity index is 847. The third-order valence-corrected chi connectivity index (χ3v) is 5.19. The molecule has 6 nitrogen and oxygen atoms in total. The van der Waals surface area contributed by atoms with Crippen LogP contribution >= 0.6 is 0 Å². The molecular weight excluding hydrogens is 404 g/mol. The minimum Gasteiger partial charge on any atom is -0.497 e. The molecule has 0 aliphatic heterocycles. The monoisotopic (exact) mass is 440 g/mol. The number of carbonyl (C=O) groups excluding carboxylic acids is 2. The van der Waals surface area contributed by atoms with Gasteiger partial charge in [0, 0.05) is 19.5 Å². The molecule has 2 aromatic carbocycles. The highest BCUT2D eigenvalue weighted by Crippen LogP contribution is 2.18. The molecule has 0 aromatic heterocycles. The number of aryl methyl sites for hydroxylation is 1. The van der Waals surface area contributed by atoms with Crippen LogP contribution in [0.3, 0.4) is 0 Å². The minimum absolute atomic E-state index is 0.0592. The van der Waals surface area contributed by atoms with E-state index in [-0.39, 0.29) is 11.8 Å². The van der Waals surface area contributed by atoms with Gasteiger partial charge in [-0.25, -0.2) is 0 Å². The number of benzene rings is 2. The van der Waals surface area contributed by atoms with E-state index in [0.717, 1.165) is 22.6 Å². The normalized spacial score (nSPS) is 11.7. The highest BCUT2D eigenvalue weighted by atomic mass is 16.5. The van der Waals surface area contributed by atoms with Gasteiger partial charge in [-0.05, 0) is 56.0 Å². The van der Waals surface area contributed by atoms with Crippen LogP contribution in [0.15, 0.2) is 48.5 Å². The Morgan fingerprint density at radius 2 is 1.59 bits per heavy atom. The molecule has 0 bridgehead atoms. The number of nitrogens with zero attached hydrogens (tertiary/aromatic N) is 1. The zero-order chi connectivity index (χ0) is 23.5. The van der Waals surface area contributed by atoms with E-state index in [0.29, 0.717) is 38.5 Å². The van der Waals surface area contributed by atoms with Crippen molar-refractivity contribution in [1.29, 1.82) is 0 Å². The average molecular weight is 441 g/mol. The molecule has 2 aromatic rings. The molecular formula is C26H36N2O4. The summed E-state index contributed by atoms with van der Waals surface area (Å²) in [6, 6.07) is 14.8. The van der Waals surface area contributed by atoms with Gasteiger partial charge in [-0.3, -0.25) is 9.59 Å². The molecule has 0 saturated heterocycles. The van der Waals surface area contributed by atoms with Gasteiger partial charge >= 0.3 is 0 Å². The van der Waals surface area contributed by atoms with Crippen LogP contribution in [0.1, 0.15) is 44.7 Å². The number of hydrogen-bond acceptors (Lipinski definition) is 4. The number of carbonyl (C=O) groups is 2. The lowest BCUT2D eigenvalue weighted by Gasteiger charge is -2.29. The Balaban J connectivity index is 1.96. The lowest BCUT2D eigenvalue weighted by molar-refractivity contribution is -0.140. The maximum atomic E-state index is 13.1. The van der Waals surface area contributed by atoms with Crippen LogP contribution in [0, 0.1) is 12.8 Å². The lowest BCUT2D eigenvalue weighted by Crippen LogP contribution is -2.48. The Morgan fingerprint density at radius 1 is 0.969 bits per heavy atom. The lowest BCUT2D eigenvalue weighted by atomic mass is 10.1. The van der Waals surface area contributed by atoms with E-state index in [1.165, 1.54) is 0 Å². The number of rotatable bonds is 12. The fourth-order valence-corrected chi connectivity index (χ4v) is 3.15. The summed E-state index contributed by atoms with van der Waals surface area (Å²) >= 11 is 0. The van der Waals surface area contributed by atoms with Crippen LogP contribution in [0.4, 0.5) is 0 Å². The summed E-state index contributed by atoms with van der Waals surface area (Å²) in [7, 11) is 1.62. The summed E-state index contributed by atoms with van der Waals surface area (Å²) in [5.74, 6) is 1.66. The topological polar surface area (TPSA) is 67.9 Å². The van der Waals surface area contributed by atoms with Crippen molar-refractivity contribution in [1.82, 2.24) is 10.2 Å². The van der Waals surface area contributed by atoms with Crippen molar-refractivity contribution in [3.8, 4) is 11.5 Å². The standard InChI is InChI=1S/C26H36N2O4/c1-19(2)17-27-26(30)21(4)28(18-22-10-8-20(3)9-11-22)25(29)7-6-16-32-24-14-12-23(31-5)13-15-24/h8-15,19,21H,6-7,16-18H2,1-5H3,(H,27,30).